The summed E-state index contributed by atoms with van der Waals surface area (Å²) < 4.78 is 0. The smallest absolute Gasteiger partial charge is 0.257 e. The van der Waals surface area contributed by atoms with E-state index in [-0.39, 0.29) is 5.91 Å². The summed E-state index contributed by atoms with van der Waals surface area (Å²) in [6.45, 7) is 3.81. The predicted molar refractivity (Wildman–Crippen MR) is 115 cm³/mol. The van der Waals surface area contributed by atoms with E-state index in [1.807, 2.05) is 18.3 Å². The summed E-state index contributed by atoms with van der Waals surface area (Å²) in [5.41, 5.74) is 5.40. The van der Waals surface area contributed by atoms with Gasteiger partial charge in [0.05, 0.1) is 11.8 Å². The SMILES string of the molecule is Cc1ccc(-c2cn[nH]c2[C@H]2CCCN(c3ncccc3C(=O)N(C)C)C2)cc1. The van der Waals surface area contributed by atoms with Crippen LogP contribution in [0.3, 0.4) is 0 Å². The quantitative estimate of drug-likeness (QED) is 0.736. The molecule has 1 saturated heterocycles. The van der Waals surface area contributed by atoms with Crippen LogP contribution in [0.15, 0.2) is 48.8 Å². The minimum absolute atomic E-state index is 0.0166. The number of aromatic nitrogens is 3. The zero-order valence-corrected chi connectivity index (χ0v) is 17.2. The number of piperidine rings is 1. The van der Waals surface area contributed by atoms with Crippen LogP contribution in [0.5, 0.6) is 0 Å². The highest BCUT2D eigenvalue weighted by atomic mass is 16.2. The Balaban J connectivity index is 1.62. The number of H-pyrrole nitrogens is 1. The van der Waals surface area contributed by atoms with E-state index in [9.17, 15) is 4.79 Å². The summed E-state index contributed by atoms with van der Waals surface area (Å²) in [5, 5.41) is 7.59. The molecule has 1 aromatic carbocycles. The first-order valence-electron chi connectivity index (χ1n) is 10.1. The highest BCUT2D eigenvalue weighted by Gasteiger charge is 2.28. The molecule has 1 aliphatic rings. The Morgan fingerprint density at radius 3 is 2.76 bits per heavy atom. The van der Waals surface area contributed by atoms with Gasteiger partial charge in [0.15, 0.2) is 0 Å². The first-order chi connectivity index (χ1) is 14.0. The van der Waals surface area contributed by atoms with Gasteiger partial charge in [-0.1, -0.05) is 29.8 Å². The van der Waals surface area contributed by atoms with E-state index in [1.165, 1.54) is 11.1 Å². The zero-order chi connectivity index (χ0) is 20.4. The number of rotatable bonds is 4. The van der Waals surface area contributed by atoms with Crippen molar-refractivity contribution in [3.8, 4) is 11.1 Å². The van der Waals surface area contributed by atoms with Crippen LogP contribution in [0, 0.1) is 6.92 Å². The van der Waals surface area contributed by atoms with Crippen molar-refractivity contribution in [2.45, 2.75) is 25.7 Å². The third kappa shape index (κ3) is 3.88. The minimum atomic E-state index is -0.0166. The second kappa shape index (κ2) is 8.07. The number of nitrogens with zero attached hydrogens (tertiary/aromatic N) is 4. The average Bonchev–Trinajstić information content (AvgIpc) is 3.24. The number of carbonyl (C=O) groups is 1. The summed E-state index contributed by atoms with van der Waals surface area (Å²) in [7, 11) is 3.55. The topological polar surface area (TPSA) is 65.1 Å². The molecule has 0 saturated carbocycles. The fourth-order valence-electron chi connectivity index (χ4n) is 4.03. The second-order valence-electron chi connectivity index (χ2n) is 7.92. The molecular weight excluding hydrogens is 362 g/mol. The molecule has 1 aliphatic heterocycles. The third-order valence-electron chi connectivity index (χ3n) is 5.58. The molecule has 1 amide bonds. The van der Waals surface area contributed by atoms with E-state index >= 15 is 0 Å². The van der Waals surface area contributed by atoms with Crippen molar-refractivity contribution in [2.24, 2.45) is 0 Å². The maximum atomic E-state index is 12.6. The number of carbonyl (C=O) groups excluding carboxylic acids is 1. The van der Waals surface area contributed by atoms with Gasteiger partial charge < -0.3 is 9.80 Å². The molecular formula is C23H27N5O. The maximum absolute atomic E-state index is 12.6. The molecule has 150 valence electrons. The van der Waals surface area contributed by atoms with Crippen LogP contribution >= 0.6 is 0 Å². The largest absolute Gasteiger partial charge is 0.355 e. The number of pyridine rings is 1. The minimum Gasteiger partial charge on any atom is -0.355 e. The maximum Gasteiger partial charge on any atom is 0.257 e. The second-order valence-corrected chi connectivity index (χ2v) is 7.92. The number of aryl methyl sites for hydroxylation is 1. The van der Waals surface area contributed by atoms with Gasteiger partial charge in [-0.3, -0.25) is 9.89 Å². The molecule has 29 heavy (non-hydrogen) atoms. The molecule has 0 unspecified atom stereocenters. The molecule has 0 bridgehead atoms. The van der Waals surface area contributed by atoms with Crippen LogP contribution < -0.4 is 4.90 Å². The van der Waals surface area contributed by atoms with Crippen molar-refractivity contribution >= 4 is 11.7 Å². The summed E-state index contributed by atoms with van der Waals surface area (Å²) in [6.07, 6.45) is 5.81. The number of anilines is 1. The Kier molecular flexibility index (Phi) is 5.34. The first-order valence-corrected chi connectivity index (χ1v) is 10.1. The third-order valence-corrected chi connectivity index (χ3v) is 5.58. The van der Waals surface area contributed by atoms with Gasteiger partial charge in [-0.05, 0) is 37.5 Å². The number of benzene rings is 1. The molecule has 0 radical (unpaired) electrons. The van der Waals surface area contributed by atoms with Crippen molar-refractivity contribution in [1.29, 1.82) is 0 Å². The number of hydrogen-bond donors (Lipinski definition) is 1. The van der Waals surface area contributed by atoms with Gasteiger partial charge in [0.2, 0.25) is 0 Å². The number of aromatic amines is 1. The number of nitrogens with one attached hydrogen (secondary N) is 1. The van der Waals surface area contributed by atoms with E-state index in [1.54, 1.807) is 25.2 Å². The Labute approximate surface area is 171 Å². The molecule has 0 aliphatic carbocycles. The molecule has 2 aromatic heterocycles. The molecule has 6 nitrogen and oxygen atoms in total. The molecule has 1 atom stereocenters. The fourth-order valence-corrected chi connectivity index (χ4v) is 4.03. The lowest BCUT2D eigenvalue weighted by atomic mass is 9.90. The zero-order valence-electron chi connectivity index (χ0n) is 17.2. The monoisotopic (exact) mass is 389 g/mol. The standard InChI is InChI=1S/C23H27N5O/c1-16-8-10-17(11-9-16)20-14-25-26-21(20)18-6-5-13-28(15-18)22-19(7-4-12-24-22)23(29)27(2)3/h4,7-12,14,18H,5-6,13,15H2,1-3H3,(H,25,26)/t18-/m0/s1. The first kappa shape index (κ1) is 19.2. The van der Waals surface area contributed by atoms with Crippen LogP contribution in [0.4, 0.5) is 5.82 Å². The lowest BCUT2D eigenvalue weighted by Crippen LogP contribution is -2.37. The summed E-state index contributed by atoms with van der Waals surface area (Å²) in [4.78, 5) is 21.0. The lowest BCUT2D eigenvalue weighted by Gasteiger charge is -2.34. The molecule has 6 heteroatoms. The van der Waals surface area contributed by atoms with Crippen LogP contribution in [0.2, 0.25) is 0 Å². The number of hydrogen-bond acceptors (Lipinski definition) is 4. The van der Waals surface area contributed by atoms with Gasteiger partial charge >= 0.3 is 0 Å². The predicted octanol–water partition coefficient (Wildman–Crippen LogP) is 3.87. The van der Waals surface area contributed by atoms with E-state index in [4.69, 9.17) is 0 Å². The van der Waals surface area contributed by atoms with E-state index in [0.717, 1.165) is 43.0 Å². The van der Waals surface area contributed by atoms with Crippen molar-refractivity contribution in [1.82, 2.24) is 20.1 Å². The van der Waals surface area contributed by atoms with E-state index in [0.29, 0.717) is 11.5 Å². The molecule has 1 fully saturated rings. The van der Waals surface area contributed by atoms with Crippen LogP contribution in [0.1, 0.15) is 40.4 Å². The Bertz CT molecular complexity index is 993. The molecule has 1 N–H and O–H groups in total. The molecule has 0 spiro atoms. The molecule has 4 rings (SSSR count). The van der Waals surface area contributed by atoms with Crippen LogP contribution in [-0.4, -0.2) is 53.2 Å². The Hall–Kier alpha value is -3.15. The number of amides is 1. The Morgan fingerprint density at radius 1 is 1.21 bits per heavy atom. The summed E-state index contributed by atoms with van der Waals surface area (Å²) in [6, 6.07) is 12.3. The highest BCUT2D eigenvalue weighted by molar-refractivity contribution is 5.98. The van der Waals surface area contributed by atoms with Gasteiger partial charge in [-0.25, -0.2) is 4.98 Å². The van der Waals surface area contributed by atoms with Crippen molar-refractivity contribution in [2.75, 3.05) is 32.1 Å². The Morgan fingerprint density at radius 2 is 2.00 bits per heavy atom. The fraction of sp³-hybridized carbons (Fsp3) is 0.348. The normalized spacial score (nSPS) is 16.7. The van der Waals surface area contributed by atoms with Gasteiger partial charge in [0, 0.05) is 50.6 Å². The van der Waals surface area contributed by atoms with E-state index in [2.05, 4.69) is 51.3 Å². The van der Waals surface area contributed by atoms with Gasteiger partial charge in [0.25, 0.3) is 5.91 Å². The van der Waals surface area contributed by atoms with Crippen molar-refractivity contribution in [3.05, 3.63) is 65.6 Å². The summed E-state index contributed by atoms with van der Waals surface area (Å²) in [5.74, 6) is 1.07. The lowest BCUT2D eigenvalue weighted by molar-refractivity contribution is 0.0827. The van der Waals surface area contributed by atoms with Crippen LogP contribution in [-0.2, 0) is 0 Å². The molecule has 3 heterocycles. The van der Waals surface area contributed by atoms with Gasteiger partial charge in [0.1, 0.15) is 5.82 Å². The van der Waals surface area contributed by atoms with Crippen molar-refractivity contribution < 1.29 is 4.79 Å². The molecule has 3 aromatic rings. The van der Waals surface area contributed by atoms with Gasteiger partial charge in [-0.2, -0.15) is 5.10 Å². The van der Waals surface area contributed by atoms with Crippen LogP contribution in [0.25, 0.3) is 11.1 Å². The van der Waals surface area contributed by atoms with Crippen molar-refractivity contribution in [3.63, 3.8) is 0 Å². The van der Waals surface area contributed by atoms with Gasteiger partial charge in [-0.15, -0.1) is 0 Å². The average molecular weight is 390 g/mol. The highest BCUT2D eigenvalue weighted by Crippen LogP contribution is 2.35. The summed E-state index contributed by atoms with van der Waals surface area (Å²) >= 11 is 0. The van der Waals surface area contributed by atoms with E-state index < -0.39 is 0 Å².